The Balaban J connectivity index is 1.67. The fourth-order valence-electron chi connectivity index (χ4n) is 1.71. The Morgan fingerprint density at radius 1 is 1.33 bits per heavy atom. The van der Waals surface area contributed by atoms with E-state index < -0.39 is 0 Å². The molecule has 0 N–H and O–H groups in total. The Bertz CT molecular complexity index is 483. The summed E-state index contributed by atoms with van der Waals surface area (Å²) in [5, 5.41) is 0.780. The first-order valence-corrected chi connectivity index (χ1v) is 6.48. The Hall–Kier alpha value is -1.48. The second-order valence-electron chi connectivity index (χ2n) is 4.27. The molecule has 0 atom stereocenters. The van der Waals surface area contributed by atoms with Crippen LogP contribution in [0.1, 0.15) is 18.4 Å². The number of nitrogens with zero attached hydrogens (tertiary/aromatic N) is 2. The highest BCUT2D eigenvalue weighted by molar-refractivity contribution is 6.31. The van der Waals surface area contributed by atoms with Gasteiger partial charge in [0.25, 0.3) is 0 Å². The number of ether oxygens (including phenoxy) is 1. The summed E-state index contributed by atoms with van der Waals surface area (Å²) in [5.74, 6) is 0.888. The maximum atomic E-state index is 5.96. The van der Waals surface area contributed by atoms with E-state index in [0.717, 1.165) is 42.3 Å². The summed E-state index contributed by atoms with van der Waals surface area (Å²) in [4.78, 5) is 4.01. The number of halogens is 1. The lowest BCUT2D eigenvalue weighted by Crippen LogP contribution is -2.01. The van der Waals surface area contributed by atoms with E-state index in [1.807, 2.05) is 37.6 Å². The first-order chi connectivity index (χ1) is 8.75. The minimum atomic E-state index is 0.732. The fraction of sp³-hybridized carbons (Fsp3) is 0.357. The Morgan fingerprint density at radius 3 is 2.94 bits per heavy atom. The van der Waals surface area contributed by atoms with Gasteiger partial charge >= 0.3 is 0 Å². The standard InChI is InChI=1S/C14H17ClN2O/c1-12-10-13(4-5-14(12)15)18-9-3-2-7-17-8-6-16-11-17/h4-6,8,10-11H,2-3,7,9H2,1H3. The third-order valence-electron chi connectivity index (χ3n) is 2.77. The molecule has 0 saturated carbocycles. The lowest BCUT2D eigenvalue weighted by atomic mass is 10.2. The average molecular weight is 265 g/mol. The van der Waals surface area contributed by atoms with Crippen LogP contribution in [0.3, 0.4) is 0 Å². The van der Waals surface area contributed by atoms with Gasteiger partial charge in [0, 0.05) is 24.0 Å². The highest BCUT2D eigenvalue weighted by Gasteiger charge is 1.98. The molecule has 0 unspecified atom stereocenters. The van der Waals surface area contributed by atoms with E-state index in [9.17, 15) is 0 Å². The zero-order valence-electron chi connectivity index (χ0n) is 10.5. The van der Waals surface area contributed by atoms with Crippen LogP contribution in [0.25, 0.3) is 0 Å². The van der Waals surface area contributed by atoms with E-state index >= 15 is 0 Å². The van der Waals surface area contributed by atoms with Crippen molar-refractivity contribution in [2.45, 2.75) is 26.3 Å². The van der Waals surface area contributed by atoms with Crippen LogP contribution in [0.4, 0.5) is 0 Å². The maximum Gasteiger partial charge on any atom is 0.119 e. The van der Waals surface area contributed by atoms with Crippen molar-refractivity contribution in [1.82, 2.24) is 9.55 Å². The van der Waals surface area contributed by atoms with Gasteiger partial charge in [-0.2, -0.15) is 0 Å². The van der Waals surface area contributed by atoms with Gasteiger partial charge in [-0.05, 0) is 43.5 Å². The van der Waals surface area contributed by atoms with Gasteiger partial charge in [0.2, 0.25) is 0 Å². The first kappa shape index (κ1) is 13.0. The summed E-state index contributed by atoms with van der Waals surface area (Å²) >= 11 is 5.96. The number of benzene rings is 1. The van der Waals surface area contributed by atoms with E-state index in [1.54, 1.807) is 6.20 Å². The third-order valence-corrected chi connectivity index (χ3v) is 3.19. The Kier molecular flexibility index (Phi) is 4.65. The SMILES string of the molecule is Cc1cc(OCCCCn2ccnc2)ccc1Cl. The summed E-state index contributed by atoms with van der Waals surface area (Å²) < 4.78 is 7.75. The molecule has 1 aromatic heterocycles. The summed E-state index contributed by atoms with van der Waals surface area (Å²) in [5.41, 5.74) is 1.05. The van der Waals surface area contributed by atoms with Crippen LogP contribution in [0.5, 0.6) is 5.75 Å². The molecule has 0 saturated heterocycles. The van der Waals surface area contributed by atoms with Crippen molar-refractivity contribution in [2.75, 3.05) is 6.61 Å². The number of aryl methyl sites for hydroxylation is 2. The molecule has 4 heteroatoms. The predicted octanol–water partition coefficient (Wildman–Crippen LogP) is 3.70. The molecule has 0 bridgehead atoms. The van der Waals surface area contributed by atoms with Crippen molar-refractivity contribution in [3.05, 3.63) is 47.5 Å². The van der Waals surface area contributed by atoms with Crippen LogP contribution in [0.2, 0.25) is 5.02 Å². The Morgan fingerprint density at radius 2 is 2.22 bits per heavy atom. The van der Waals surface area contributed by atoms with Crippen molar-refractivity contribution in [3.8, 4) is 5.75 Å². The third kappa shape index (κ3) is 3.77. The van der Waals surface area contributed by atoms with Crippen molar-refractivity contribution in [2.24, 2.45) is 0 Å². The number of hydrogen-bond donors (Lipinski definition) is 0. The van der Waals surface area contributed by atoms with Gasteiger partial charge in [-0.25, -0.2) is 4.98 Å². The quantitative estimate of drug-likeness (QED) is 0.744. The zero-order chi connectivity index (χ0) is 12.8. The Labute approximate surface area is 112 Å². The largest absolute Gasteiger partial charge is 0.494 e. The van der Waals surface area contributed by atoms with Gasteiger partial charge in [0.1, 0.15) is 5.75 Å². The second-order valence-corrected chi connectivity index (χ2v) is 4.67. The number of aromatic nitrogens is 2. The molecule has 0 fully saturated rings. The molecule has 2 aromatic rings. The van der Waals surface area contributed by atoms with Crippen molar-refractivity contribution in [3.63, 3.8) is 0 Å². The van der Waals surface area contributed by atoms with Crippen LogP contribution in [-0.4, -0.2) is 16.2 Å². The van der Waals surface area contributed by atoms with Gasteiger partial charge < -0.3 is 9.30 Å². The second kappa shape index (κ2) is 6.45. The van der Waals surface area contributed by atoms with Crippen LogP contribution >= 0.6 is 11.6 Å². The molecule has 1 heterocycles. The highest BCUT2D eigenvalue weighted by atomic mass is 35.5. The van der Waals surface area contributed by atoms with E-state index in [1.165, 1.54) is 0 Å². The molecule has 18 heavy (non-hydrogen) atoms. The average Bonchev–Trinajstić information content (AvgIpc) is 2.86. The number of unbranched alkanes of at least 4 members (excludes halogenated alkanes) is 1. The molecule has 0 aliphatic carbocycles. The smallest absolute Gasteiger partial charge is 0.119 e. The molecule has 0 aliphatic heterocycles. The molecule has 2 rings (SSSR count). The van der Waals surface area contributed by atoms with Crippen LogP contribution in [-0.2, 0) is 6.54 Å². The summed E-state index contributed by atoms with van der Waals surface area (Å²) in [7, 11) is 0. The summed E-state index contributed by atoms with van der Waals surface area (Å²) in [6, 6.07) is 5.75. The summed E-state index contributed by atoms with van der Waals surface area (Å²) in [6.07, 6.45) is 7.72. The monoisotopic (exact) mass is 264 g/mol. The van der Waals surface area contributed by atoms with E-state index in [4.69, 9.17) is 16.3 Å². The molecular formula is C14H17ClN2O. The molecule has 0 amide bonds. The van der Waals surface area contributed by atoms with Crippen molar-refractivity contribution < 1.29 is 4.74 Å². The van der Waals surface area contributed by atoms with Crippen molar-refractivity contribution >= 4 is 11.6 Å². The molecule has 96 valence electrons. The van der Waals surface area contributed by atoms with E-state index in [-0.39, 0.29) is 0 Å². The zero-order valence-corrected chi connectivity index (χ0v) is 11.2. The number of rotatable bonds is 6. The molecule has 0 radical (unpaired) electrons. The number of hydrogen-bond acceptors (Lipinski definition) is 2. The van der Waals surface area contributed by atoms with Gasteiger partial charge in [-0.15, -0.1) is 0 Å². The maximum absolute atomic E-state index is 5.96. The minimum absolute atomic E-state index is 0.732. The molecule has 3 nitrogen and oxygen atoms in total. The molecular weight excluding hydrogens is 248 g/mol. The first-order valence-electron chi connectivity index (χ1n) is 6.10. The van der Waals surface area contributed by atoms with Gasteiger partial charge in [-0.1, -0.05) is 11.6 Å². The number of imidazole rings is 1. The summed E-state index contributed by atoms with van der Waals surface area (Å²) in [6.45, 7) is 3.70. The lowest BCUT2D eigenvalue weighted by molar-refractivity contribution is 0.303. The fourth-order valence-corrected chi connectivity index (χ4v) is 1.83. The van der Waals surface area contributed by atoms with Crippen LogP contribution < -0.4 is 4.74 Å². The van der Waals surface area contributed by atoms with Crippen molar-refractivity contribution in [1.29, 1.82) is 0 Å². The predicted molar refractivity (Wildman–Crippen MR) is 73.1 cm³/mol. The molecule has 1 aromatic carbocycles. The normalized spacial score (nSPS) is 10.6. The highest BCUT2D eigenvalue weighted by Crippen LogP contribution is 2.21. The molecule has 0 aliphatic rings. The lowest BCUT2D eigenvalue weighted by Gasteiger charge is -2.07. The van der Waals surface area contributed by atoms with Gasteiger partial charge in [-0.3, -0.25) is 0 Å². The van der Waals surface area contributed by atoms with E-state index in [0.29, 0.717) is 0 Å². The van der Waals surface area contributed by atoms with Gasteiger partial charge in [0.05, 0.1) is 12.9 Å². The topological polar surface area (TPSA) is 27.1 Å². The van der Waals surface area contributed by atoms with Crippen LogP contribution in [0.15, 0.2) is 36.9 Å². The van der Waals surface area contributed by atoms with E-state index in [2.05, 4.69) is 9.55 Å². The minimum Gasteiger partial charge on any atom is -0.494 e. The van der Waals surface area contributed by atoms with Gasteiger partial charge in [0.15, 0.2) is 0 Å². The molecule has 0 spiro atoms. The van der Waals surface area contributed by atoms with Crippen LogP contribution in [0, 0.1) is 6.92 Å².